The van der Waals surface area contributed by atoms with E-state index in [1.54, 1.807) is 7.11 Å². The molecule has 1 aromatic carbocycles. The first-order valence-electron chi connectivity index (χ1n) is 6.62. The van der Waals surface area contributed by atoms with Gasteiger partial charge < -0.3 is 14.6 Å². The molecule has 0 amide bonds. The third-order valence-corrected chi connectivity index (χ3v) is 3.08. The van der Waals surface area contributed by atoms with Crippen LogP contribution >= 0.6 is 0 Å². The van der Waals surface area contributed by atoms with E-state index in [1.807, 2.05) is 19.1 Å². The van der Waals surface area contributed by atoms with Gasteiger partial charge in [0.25, 0.3) is 0 Å². The summed E-state index contributed by atoms with van der Waals surface area (Å²) in [5, 5.41) is 3.42. The van der Waals surface area contributed by atoms with Crippen molar-refractivity contribution in [3.05, 3.63) is 41.7 Å². The monoisotopic (exact) mass is 259 g/mol. The van der Waals surface area contributed by atoms with Crippen LogP contribution in [0.4, 0.5) is 11.6 Å². The molecule has 0 unspecified atom stereocenters. The van der Waals surface area contributed by atoms with Crippen molar-refractivity contribution in [2.24, 2.45) is 0 Å². The average Bonchev–Trinajstić information content (AvgIpc) is 2.78. The zero-order valence-corrected chi connectivity index (χ0v) is 11.8. The fourth-order valence-electron chi connectivity index (χ4n) is 2.08. The molecule has 2 rings (SSSR count). The number of hydrogen-bond donors (Lipinski definition) is 1. The summed E-state index contributed by atoms with van der Waals surface area (Å²) in [5.74, 6) is 0.893. The maximum atomic E-state index is 5.15. The molecule has 0 aliphatic heterocycles. The van der Waals surface area contributed by atoms with Crippen LogP contribution < -0.4 is 5.32 Å². The Morgan fingerprint density at radius 2 is 2.11 bits per heavy atom. The Bertz CT molecular complexity index is 534. The molecule has 0 bridgehead atoms. The summed E-state index contributed by atoms with van der Waals surface area (Å²) in [6, 6.07) is 8.28. The second-order valence-electron chi connectivity index (χ2n) is 4.52. The minimum atomic E-state index is 0.722. The number of para-hydroxylation sites is 1. The standard InChI is InChI=1S/C15H21N3O/c1-4-18-11-12(2)16-15(18)17-14-8-6-5-7-13(14)9-10-19-3/h5-8,11H,4,9-10H2,1-3H3,(H,16,17). The van der Waals surface area contributed by atoms with Gasteiger partial charge in [0.15, 0.2) is 0 Å². The Hall–Kier alpha value is -1.81. The molecule has 0 saturated carbocycles. The first-order chi connectivity index (χ1) is 9.24. The number of anilines is 2. The summed E-state index contributed by atoms with van der Waals surface area (Å²) in [4.78, 5) is 4.52. The van der Waals surface area contributed by atoms with E-state index in [0.717, 1.165) is 36.9 Å². The van der Waals surface area contributed by atoms with Crippen LogP contribution in [-0.4, -0.2) is 23.3 Å². The van der Waals surface area contributed by atoms with E-state index in [2.05, 4.69) is 40.1 Å². The summed E-state index contributed by atoms with van der Waals surface area (Å²) in [6.07, 6.45) is 2.95. The molecule has 19 heavy (non-hydrogen) atoms. The molecule has 2 aromatic rings. The van der Waals surface area contributed by atoms with Crippen LogP contribution in [0, 0.1) is 6.92 Å². The highest BCUT2D eigenvalue weighted by atomic mass is 16.5. The van der Waals surface area contributed by atoms with Crippen LogP contribution in [-0.2, 0) is 17.7 Å². The molecular formula is C15H21N3O. The van der Waals surface area contributed by atoms with Crippen molar-refractivity contribution in [3.63, 3.8) is 0 Å². The number of methoxy groups -OCH3 is 1. The van der Waals surface area contributed by atoms with E-state index in [-0.39, 0.29) is 0 Å². The van der Waals surface area contributed by atoms with Crippen LogP contribution in [0.15, 0.2) is 30.5 Å². The number of aromatic nitrogens is 2. The van der Waals surface area contributed by atoms with Crippen LogP contribution in [0.1, 0.15) is 18.2 Å². The van der Waals surface area contributed by atoms with Crippen molar-refractivity contribution in [2.75, 3.05) is 19.0 Å². The van der Waals surface area contributed by atoms with Gasteiger partial charge in [0.1, 0.15) is 0 Å². The number of aryl methyl sites for hydroxylation is 2. The first kappa shape index (κ1) is 13.6. The Morgan fingerprint density at radius 1 is 1.32 bits per heavy atom. The number of nitrogens with one attached hydrogen (secondary N) is 1. The molecule has 0 aliphatic carbocycles. The van der Waals surface area contributed by atoms with Gasteiger partial charge in [-0.05, 0) is 31.9 Å². The van der Waals surface area contributed by atoms with Crippen molar-refractivity contribution in [2.45, 2.75) is 26.8 Å². The topological polar surface area (TPSA) is 39.1 Å². The molecular weight excluding hydrogens is 238 g/mol. The number of ether oxygens (including phenoxy) is 1. The van der Waals surface area contributed by atoms with Gasteiger partial charge in [0, 0.05) is 25.5 Å². The van der Waals surface area contributed by atoms with Crippen LogP contribution in [0.5, 0.6) is 0 Å². The minimum absolute atomic E-state index is 0.722. The number of benzene rings is 1. The molecule has 4 nitrogen and oxygen atoms in total. The lowest BCUT2D eigenvalue weighted by Crippen LogP contribution is -2.04. The second kappa shape index (κ2) is 6.38. The van der Waals surface area contributed by atoms with Gasteiger partial charge in [0.05, 0.1) is 12.3 Å². The van der Waals surface area contributed by atoms with E-state index in [0.29, 0.717) is 0 Å². The number of imidazole rings is 1. The predicted molar refractivity (Wildman–Crippen MR) is 77.9 cm³/mol. The zero-order valence-electron chi connectivity index (χ0n) is 11.8. The van der Waals surface area contributed by atoms with E-state index in [1.165, 1.54) is 5.56 Å². The van der Waals surface area contributed by atoms with Crippen molar-refractivity contribution >= 4 is 11.6 Å². The highest BCUT2D eigenvalue weighted by molar-refractivity contribution is 5.59. The third kappa shape index (κ3) is 3.35. The number of hydrogen-bond acceptors (Lipinski definition) is 3. The largest absolute Gasteiger partial charge is 0.384 e. The SMILES string of the molecule is CCn1cc(C)nc1Nc1ccccc1CCOC. The van der Waals surface area contributed by atoms with Crippen LogP contribution in [0.2, 0.25) is 0 Å². The van der Waals surface area contributed by atoms with E-state index >= 15 is 0 Å². The molecule has 0 fully saturated rings. The molecule has 1 heterocycles. The molecule has 1 N–H and O–H groups in total. The molecule has 102 valence electrons. The summed E-state index contributed by atoms with van der Waals surface area (Å²) >= 11 is 0. The predicted octanol–water partition coefficient (Wildman–Crippen LogP) is 3.14. The fourth-order valence-corrected chi connectivity index (χ4v) is 2.08. The summed E-state index contributed by atoms with van der Waals surface area (Å²) in [7, 11) is 1.73. The Labute approximate surface area is 114 Å². The lowest BCUT2D eigenvalue weighted by Gasteiger charge is -2.12. The molecule has 0 spiro atoms. The van der Waals surface area contributed by atoms with Crippen LogP contribution in [0.25, 0.3) is 0 Å². The molecule has 1 aromatic heterocycles. The summed E-state index contributed by atoms with van der Waals surface area (Å²) in [6.45, 7) is 5.75. The van der Waals surface area contributed by atoms with Crippen molar-refractivity contribution in [1.82, 2.24) is 9.55 Å². The van der Waals surface area contributed by atoms with E-state index in [4.69, 9.17) is 4.74 Å². The van der Waals surface area contributed by atoms with Gasteiger partial charge in [-0.1, -0.05) is 18.2 Å². The lowest BCUT2D eigenvalue weighted by molar-refractivity contribution is 0.202. The quantitative estimate of drug-likeness (QED) is 0.866. The Morgan fingerprint density at radius 3 is 2.84 bits per heavy atom. The zero-order chi connectivity index (χ0) is 13.7. The van der Waals surface area contributed by atoms with Gasteiger partial charge in [0.2, 0.25) is 5.95 Å². The number of nitrogens with zero attached hydrogens (tertiary/aromatic N) is 2. The van der Waals surface area contributed by atoms with Gasteiger partial charge in [-0.25, -0.2) is 4.98 Å². The molecule has 0 radical (unpaired) electrons. The van der Waals surface area contributed by atoms with E-state index in [9.17, 15) is 0 Å². The molecule has 0 atom stereocenters. The van der Waals surface area contributed by atoms with Gasteiger partial charge in [-0.3, -0.25) is 0 Å². The van der Waals surface area contributed by atoms with Gasteiger partial charge >= 0.3 is 0 Å². The van der Waals surface area contributed by atoms with Crippen molar-refractivity contribution in [3.8, 4) is 0 Å². The fraction of sp³-hybridized carbons (Fsp3) is 0.400. The highest BCUT2D eigenvalue weighted by Gasteiger charge is 2.07. The Kier molecular flexibility index (Phi) is 4.58. The smallest absolute Gasteiger partial charge is 0.207 e. The second-order valence-corrected chi connectivity index (χ2v) is 4.52. The van der Waals surface area contributed by atoms with E-state index < -0.39 is 0 Å². The molecule has 4 heteroatoms. The van der Waals surface area contributed by atoms with Gasteiger partial charge in [-0.2, -0.15) is 0 Å². The Balaban J connectivity index is 2.22. The van der Waals surface area contributed by atoms with Gasteiger partial charge in [-0.15, -0.1) is 0 Å². The summed E-state index contributed by atoms with van der Waals surface area (Å²) in [5.41, 5.74) is 3.37. The third-order valence-electron chi connectivity index (χ3n) is 3.08. The maximum Gasteiger partial charge on any atom is 0.207 e. The maximum absolute atomic E-state index is 5.15. The highest BCUT2D eigenvalue weighted by Crippen LogP contribution is 2.21. The minimum Gasteiger partial charge on any atom is -0.384 e. The average molecular weight is 259 g/mol. The number of rotatable bonds is 6. The normalized spacial score (nSPS) is 10.7. The first-order valence-corrected chi connectivity index (χ1v) is 6.62. The van der Waals surface area contributed by atoms with Crippen molar-refractivity contribution in [1.29, 1.82) is 0 Å². The molecule has 0 saturated heterocycles. The van der Waals surface area contributed by atoms with Crippen LogP contribution in [0.3, 0.4) is 0 Å². The summed E-state index contributed by atoms with van der Waals surface area (Å²) < 4.78 is 7.26. The molecule has 0 aliphatic rings. The lowest BCUT2D eigenvalue weighted by atomic mass is 10.1. The van der Waals surface area contributed by atoms with Crippen molar-refractivity contribution < 1.29 is 4.74 Å².